The summed E-state index contributed by atoms with van der Waals surface area (Å²) in [6.45, 7) is 0. The Morgan fingerprint density at radius 2 is 1.81 bits per heavy atom. The van der Waals surface area contributed by atoms with Gasteiger partial charge < -0.3 is 10.0 Å². The maximum Gasteiger partial charge on any atom is 0.275 e. The van der Waals surface area contributed by atoms with E-state index in [4.69, 9.17) is 0 Å². The third kappa shape index (κ3) is 3.86. The molecule has 0 saturated carbocycles. The van der Waals surface area contributed by atoms with Crippen molar-refractivity contribution < 1.29 is 9.90 Å². The molecule has 0 spiro atoms. The molecule has 0 heterocycles. The zero-order valence-corrected chi connectivity index (χ0v) is 16.0. The first-order valence-corrected chi connectivity index (χ1v) is 8.77. The molecule has 3 rings (SSSR count). The summed E-state index contributed by atoms with van der Waals surface area (Å²) >= 11 is 3.51. The van der Waals surface area contributed by atoms with Gasteiger partial charge in [0.05, 0.1) is 17.5 Å². The number of benzene rings is 3. The fraction of sp³-hybridized carbons (Fsp3) is 0.100. The number of phenols is 1. The molecule has 0 saturated heterocycles. The van der Waals surface area contributed by atoms with E-state index < -0.39 is 5.91 Å². The third-order valence-corrected chi connectivity index (χ3v) is 4.58. The van der Waals surface area contributed by atoms with Crippen LogP contribution in [-0.4, -0.2) is 31.3 Å². The summed E-state index contributed by atoms with van der Waals surface area (Å²) in [4.78, 5) is 14.3. The number of nitrogens with zero attached hydrogens (tertiary/aromatic N) is 2. The molecule has 5 nitrogen and oxygen atoms in total. The van der Waals surface area contributed by atoms with Crippen LogP contribution in [0.15, 0.2) is 64.2 Å². The van der Waals surface area contributed by atoms with Gasteiger partial charge in [-0.1, -0.05) is 30.3 Å². The van der Waals surface area contributed by atoms with Crippen LogP contribution in [0.1, 0.15) is 15.9 Å². The summed E-state index contributed by atoms with van der Waals surface area (Å²) in [7, 11) is 3.92. The van der Waals surface area contributed by atoms with Crippen molar-refractivity contribution in [1.29, 1.82) is 0 Å². The molecule has 0 unspecified atom stereocenters. The number of rotatable bonds is 4. The number of carbonyl (C=O) groups excluding carboxylic acids is 1. The first-order valence-electron chi connectivity index (χ1n) is 7.98. The van der Waals surface area contributed by atoms with Crippen molar-refractivity contribution in [3.8, 4) is 5.75 Å². The fourth-order valence-electron chi connectivity index (χ4n) is 2.60. The Kier molecular flexibility index (Phi) is 5.23. The van der Waals surface area contributed by atoms with Gasteiger partial charge in [-0.05, 0) is 56.5 Å². The Morgan fingerprint density at radius 1 is 1.12 bits per heavy atom. The Morgan fingerprint density at radius 3 is 2.46 bits per heavy atom. The van der Waals surface area contributed by atoms with Gasteiger partial charge in [0.1, 0.15) is 5.75 Å². The number of amides is 1. The molecule has 3 aromatic carbocycles. The lowest BCUT2D eigenvalue weighted by Gasteiger charge is -2.14. The van der Waals surface area contributed by atoms with Gasteiger partial charge in [0.2, 0.25) is 0 Å². The number of hydrogen-bond acceptors (Lipinski definition) is 4. The van der Waals surface area contributed by atoms with Crippen LogP contribution >= 0.6 is 15.9 Å². The number of halogens is 1. The van der Waals surface area contributed by atoms with Gasteiger partial charge in [-0.2, -0.15) is 5.10 Å². The molecule has 0 aromatic heterocycles. The molecular formula is C20H18BrN3O2. The van der Waals surface area contributed by atoms with Crippen LogP contribution < -0.4 is 10.3 Å². The number of nitrogens with one attached hydrogen (secondary N) is 1. The first-order chi connectivity index (χ1) is 12.5. The number of phenolic OH excluding ortho intramolecular Hbond substituents is 1. The first kappa shape index (κ1) is 17.9. The normalized spacial score (nSPS) is 11.0. The van der Waals surface area contributed by atoms with Gasteiger partial charge >= 0.3 is 0 Å². The van der Waals surface area contributed by atoms with Gasteiger partial charge in [0, 0.05) is 18.6 Å². The van der Waals surface area contributed by atoms with Crippen LogP contribution in [0.4, 0.5) is 5.69 Å². The number of hydrogen-bond donors (Lipinski definition) is 2. The second-order valence-corrected chi connectivity index (χ2v) is 6.88. The minimum atomic E-state index is -0.464. The molecule has 6 heteroatoms. The molecule has 3 aromatic rings. The summed E-state index contributed by atoms with van der Waals surface area (Å²) in [6, 6.07) is 16.5. The molecule has 0 bridgehead atoms. The fourth-order valence-corrected chi connectivity index (χ4v) is 3.35. The molecule has 0 aliphatic rings. The number of anilines is 1. The van der Waals surface area contributed by atoms with Crippen molar-refractivity contribution >= 4 is 44.5 Å². The van der Waals surface area contributed by atoms with Gasteiger partial charge in [-0.15, -0.1) is 0 Å². The smallest absolute Gasteiger partial charge is 0.275 e. The summed E-state index contributed by atoms with van der Waals surface area (Å²) in [6.07, 6.45) is 1.56. The highest BCUT2D eigenvalue weighted by atomic mass is 79.9. The zero-order valence-electron chi connectivity index (χ0n) is 14.4. The van der Waals surface area contributed by atoms with Crippen molar-refractivity contribution in [1.82, 2.24) is 5.43 Å². The molecule has 0 aliphatic carbocycles. The maximum atomic E-state index is 12.3. The van der Waals surface area contributed by atoms with Crippen molar-refractivity contribution in [2.75, 3.05) is 19.0 Å². The summed E-state index contributed by atoms with van der Waals surface area (Å²) < 4.78 is 0.935. The van der Waals surface area contributed by atoms with Crippen LogP contribution in [0.2, 0.25) is 0 Å². The molecule has 132 valence electrons. The van der Waals surface area contributed by atoms with E-state index in [0.29, 0.717) is 0 Å². The van der Waals surface area contributed by atoms with Crippen molar-refractivity contribution in [3.63, 3.8) is 0 Å². The lowest BCUT2D eigenvalue weighted by Crippen LogP contribution is -2.17. The molecule has 0 aliphatic heterocycles. The molecule has 0 fully saturated rings. The van der Waals surface area contributed by atoms with E-state index >= 15 is 0 Å². The summed E-state index contributed by atoms with van der Waals surface area (Å²) in [5.41, 5.74) is 4.53. The van der Waals surface area contributed by atoms with E-state index in [1.54, 1.807) is 18.3 Å². The van der Waals surface area contributed by atoms with Crippen molar-refractivity contribution in [3.05, 3.63) is 70.2 Å². The van der Waals surface area contributed by atoms with Crippen molar-refractivity contribution in [2.24, 2.45) is 5.10 Å². The van der Waals surface area contributed by atoms with E-state index in [0.717, 1.165) is 26.5 Å². The van der Waals surface area contributed by atoms with E-state index in [1.165, 1.54) is 0 Å². The third-order valence-electron chi connectivity index (χ3n) is 3.94. The molecule has 26 heavy (non-hydrogen) atoms. The Bertz CT molecular complexity index is 1000. The number of aromatic hydroxyl groups is 1. The van der Waals surface area contributed by atoms with Crippen LogP contribution in [0, 0.1) is 0 Å². The summed E-state index contributed by atoms with van der Waals surface area (Å²) in [5.74, 6) is -0.539. The second kappa shape index (κ2) is 7.58. The number of carbonyl (C=O) groups is 1. The minimum Gasteiger partial charge on any atom is -0.507 e. The Hall–Kier alpha value is -2.86. The van der Waals surface area contributed by atoms with Gasteiger partial charge in [-0.25, -0.2) is 5.43 Å². The highest BCUT2D eigenvalue weighted by Crippen LogP contribution is 2.26. The monoisotopic (exact) mass is 411 g/mol. The summed E-state index contributed by atoms with van der Waals surface area (Å²) in [5, 5.41) is 15.8. The zero-order chi connectivity index (χ0) is 18.7. The lowest BCUT2D eigenvalue weighted by atomic mass is 10.1. The van der Waals surface area contributed by atoms with Crippen LogP contribution in [-0.2, 0) is 0 Å². The SMILES string of the molecule is CN(C)c1ccc(/C=N\NC(=O)c2cc3ccccc3cc2O)cc1Br. The topological polar surface area (TPSA) is 64.9 Å². The van der Waals surface area contributed by atoms with E-state index in [9.17, 15) is 9.90 Å². The van der Waals surface area contributed by atoms with Crippen LogP contribution in [0.25, 0.3) is 10.8 Å². The van der Waals surface area contributed by atoms with E-state index in [-0.39, 0.29) is 11.3 Å². The predicted molar refractivity (Wildman–Crippen MR) is 109 cm³/mol. The van der Waals surface area contributed by atoms with Crippen LogP contribution in [0.3, 0.4) is 0 Å². The average molecular weight is 412 g/mol. The lowest BCUT2D eigenvalue weighted by molar-refractivity contribution is 0.0952. The Balaban J connectivity index is 1.75. The largest absolute Gasteiger partial charge is 0.507 e. The minimum absolute atomic E-state index is 0.0746. The van der Waals surface area contributed by atoms with Crippen LogP contribution in [0.5, 0.6) is 5.75 Å². The maximum absolute atomic E-state index is 12.3. The van der Waals surface area contributed by atoms with E-state index in [2.05, 4.69) is 26.5 Å². The quantitative estimate of drug-likeness (QED) is 0.500. The van der Waals surface area contributed by atoms with Gasteiger partial charge in [-0.3, -0.25) is 4.79 Å². The molecule has 2 N–H and O–H groups in total. The Labute approximate surface area is 160 Å². The average Bonchev–Trinajstić information content (AvgIpc) is 2.60. The highest BCUT2D eigenvalue weighted by molar-refractivity contribution is 9.10. The van der Waals surface area contributed by atoms with Gasteiger partial charge in [0.25, 0.3) is 5.91 Å². The van der Waals surface area contributed by atoms with Crippen molar-refractivity contribution in [2.45, 2.75) is 0 Å². The number of fused-ring (bicyclic) bond motifs is 1. The standard InChI is InChI=1S/C20H18BrN3O2/c1-24(2)18-8-7-13(9-17(18)21)12-22-23-20(26)16-10-14-5-3-4-6-15(14)11-19(16)25/h3-12,25H,1-2H3,(H,23,26)/b22-12-. The molecule has 0 radical (unpaired) electrons. The van der Waals surface area contributed by atoms with E-state index in [1.807, 2.05) is 61.5 Å². The molecular weight excluding hydrogens is 394 g/mol. The predicted octanol–water partition coefficient (Wildman–Crippen LogP) is 4.14. The van der Waals surface area contributed by atoms with Gasteiger partial charge in [0.15, 0.2) is 0 Å². The number of hydrazone groups is 1. The highest BCUT2D eigenvalue weighted by Gasteiger charge is 2.11. The molecule has 0 atom stereocenters. The second-order valence-electron chi connectivity index (χ2n) is 6.02. The molecule has 1 amide bonds.